The Bertz CT molecular complexity index is 379. The van der Waals surface area contributed by atoms with E-state index < -0.39 is 17.8 Å². The highest BCUT2D eigenvalue weighted by atomic mass is 19.4. The average molecular weight is 258 g/mol. The van der Waals surface area contributed by atoms with Crippen LogP contribution in [-0.2, 0) is 12.6 Å². The van der Waals surface area contributed by atoms with E-state index >= 15 is 0 Å². The maximum absolute atomic E-state index is 12.4. The summed E-state index contributed by atoms with van der Waals surface area (Å²) in [4.78, 5) is 0. The van der Waals surface area contributed by atoms with Crippen LogP contribution in [0.1, 0.15) is 36.8 Å². The minimum absolute atomic E-state index is 0.438. The molecular formula is C14H17F3O. The van der Waals surface area contributed by atoms with Gasteiger partial charge in [-0.25, -0.2) is 0 Å². The Morgan fingerprint density at radius 1 is 1.17 bits per heavy atom. The van der Waals surface area contributed by atoms with Crippen molar-refractivity contribution in [1.82, 2.24) is 0 Å². The summed E-state index contributed by atoms with van der Waals surface area (Å²) in [6.45, 7) is 0. The van der Waals surface area contributed by atoms with Crippen molar-refractivity contribution in [3.8, 4) is 0 Å². The Morgan fingerprint density at radius 3 is 2.22 bits per heavy atom. The standard InChI is InChI=1S/C14H17F3O/c15-14(16,17)12-6-4-11(5-7-12)9-13(18)8-10-2-1-3-10/h4-7,10,13,18H,1-3,8-9H2. The first kappa shape index (κ1) is 13.4. The largest absolute Gasteiger partial charge is 0.416 e. The molecular weight excluding hydrogens is 241 g/mol. The van der Waals surface area contributed by atoms with Crippen LogP contribution in [0.2, 0.25) is 0 Å². The van der Waals surface area contributed by atoms with Gasteiger partial charge in [0.2, 0.25) is 0 Å². The highest BCUT2D eigenvalue weighted by Crippen LogP contribution is 2.32. The third-order valence-electron chi connectivity index (χ3n) is 3.58. The molecule has 1 unspecified atom stereocenters. The van der Waals surface area contributed by atoms with Crippen molar-refractivity contribution >= 4 is 0 Å². The van der Waals surface area contributed by atoms with Crippen LogP contribution < -0.4 is 0 Å². The van der Waals surface area contributed by atoms with E-state index in [0.717, 1.165) is 24.1 Å². The number of alkyl halides is 3. The Morgan fingerprint density at radius 2 is 1.78 bits per heavy atom. The molecule has 100 valence electrons. The maximum Gasteiger partial charge on any atom is 0.416 e. The van der Waals surface area contributed by atoms with Gasteiger partial charge in [-0.15, -0.1) is 0 Å². The van der Waals surface area contributed by atoms with Gasteiger partial charge in [0.05, 0.1) is 11.7 Å². The zero-order valence-corrected chi connectivity index (χ0v) is 10.1. The van der Waals surface area contributed by atoms with Crippen molar-refractivity contribution < 1.29 is 18.3 Å². The van der Waals surface area contributed by atoms with E-state index in [1.807, 2.05) is 0 Å². The fraction of sp³-hybridized carbons (Fsp3) is 0.571. The number of benzene rings is 1. The zero-order valence-electron chi connectivity index (χ0n) is 10.1. The Labute approximate surface area is 105 Å². The van der Waals surface area contributed by atoms with Gasteiger partial charge in [-0.05, 0) is 36.5 Å². The number of halogens is 3. The van der Waals surface area contributed by atoms with Gasteiger partial charge >= 0.3 is 6.18 Å². The third kappa shape index (κ3) is 3.48. The van der Waals surface area contributed by atoms with E-state index in [2.05, 4.69) is 0 Å². The fourth-order valence-corrected chi connectivity index (χ4v) is 2.30. The summed E-state index contributed by atoms with van der Waals surface area (Å²) >= 11 is 0. The second kappa shape index (κ2) is 5.31. The minimum atomic E-state index is -4.29. The van der Waals surface area contributed by atoms with Gasteiger partial charge in [0.1, 0.15) is 0 Å². The van der Waals surface area contributed by atoms with Crippen LogP contribution in [0.5, 0.6) is 0 Å². The van der Waals surface area contributed by atoms with E-state index in [1.165, 1.54) is 31.4 Å². The van der Waals surface area contributed by atoms with Gasteiger partial charge < -0.3 is 5.11 Å². The van der Waals surface area contributed by atoms with E-state index in [0.29, 0.717) is 12.3 Å². The van der Waals surface area contributed by atoms with Crippen LogP contribution in [0.4, 0.5) is 13.2 Å². The first-order valence-electron chi connectivity index (χ1n) is 6.29. The smallest absolute Gasteiger partial charge is 0.393 e. The molecule has 0 amide bonds. The molecule has 4 heteroatoms. The normalized spacial score (nSPS) is 18.4. The number of hydrogen-bond acceptors (Lipinski definition) is 1. The lowest BCUT2D eigenvalue weighted by Gasteiger charge is -2.27. The molecule has 1 aliphatic carbocycles. The van der Waals surface area contributed by atoms with Gasteiger partial charge in [0.15, 0.2) is 0 Å². The third-order valence-corrected chi connectivity index (χ3v) is 3.58. The summed E-state index contributed by atoms with van der Waals surface area (Å²) in [6.07, 6.45) is 0.0527. The predicted molar refractivity (Wildman–Crippen MR) is 63.1 cm³/mol. The summed E-state index contributed by atoms with van der Waals surface area (Å²) in [5, 5.41) is 9.84. The second-order valence-corrected chi connectivity index (χ2v) is 5.09. The van der Waals surface area contributed by atoms with E-state index in [-0.39, 0.29) is 0 Å². The molecule has 0 spiro atoms. The van der Waals surface area contributed by atoms with E-state index in [4.69, 9.17) is 0 Å². The molecule has 0 aromatic heterocycles. The summed E-state index contributed by atoms with van der Waals surface area (Å²) < 4.78 is 37.1. The highest BCUT2D eigenvalue weighted by Gasteiger charge is 2.30. The molecule has 1 fully saturated rings. The molecule has 1 N–H and O–H groups in total. The molecule has 2 rings (SSSR count). The van der Waals surface area contributed by atoms with Crippen LogP contribution >= 0.6 is 0 Å². The molecule has 1 nitrogen and oxygen atoms in total. The van der Waals surface area contributed by atoms with Gasteiger partial charge in [-0.3, -0.25) is 0 Å². The number of hydrogen-bond donors (Lipinski definition) is 1. The first-order chi connectivity index (χ1) is 8.45. The molecule has 0 bridgehead atoms. The maximum atomic E-state index is 12.4. The number of aliphatic hydroxyl groups is 1. The molecule has 1 saturated carbocycles. The Balaban J connectivity index is 1.89. The molecule has 0 saturated heterocycles. The monoisotopic (exact) mass is 258 g/mol. The van der Waals surface area contributed by atoms with E-state index in [9.17, 15) is 18.3 Å². The van der Waals surface area contributed by atoms with E-state index in [1.54, 1.807) is 0 Å². The zero-order chi connectivity index (χ0) is 13.2. The number of rotatable bonds is 4. The van der Waals surface area contributed by atoms with Crippen molar-refractivity contribution in [2.24, 2.45) is 5.92 Å². The van der Waals surface area contributed by atoms with Gasteiger partial charge in [-0.1, -0.05) is 31.4 Å². The van der Waals surface area contributed by atoms with Crippen molar-refractivity contribution in [1.29, 1.82) is 0 Å². The Hall–Kier alpha value is -1.03. The van der Waals surface area contributed by atoms with Crippen molar-refractivity contribution in [3.05, 3.63) is 35.4 Å². The summed E-state index contributed by atoms with van der Waals surface area (Å²) in [6, 6.07) is 5.05. The van der Waals surface area contributed by atoms with Crippen LogP contribution in [0.25, 0.3) is 0 Å². The molecule has 1 aromatic rings. The molecule has 1 aliphatic rings. The fourth-order valence-electron chi connectivity index (χ4n) is 2.30. The summed E-state index contributed by atoms with van der Waals surface area (Å²) in [5.74, 6) is 0.606. The first-order valence-corrected chi connectivity index (χ1v) is 6.29. The topological polar surface area (TPSA) is 20.2 Å². The lowest BCUT2D eigenvalue weighted by atomic mass is 9.80. The van der Waals surface area contributed by atoms with Gasteiger partial charge in [0, 0.05) is 0 Å². The SMILES string of the molecule is OC(Cc1ccc(C(F)(F)F)cc1)CC1CCC1. The van der Waals surface area contributed by atoms with Crippen molar-refractivity contribution in [2.75, 3.05) is 0 Å². The van der Waals surface area contributed by atoms with Crippen LogP contribution in [0, 0.1) is 5.92 Å². The molecule has 18 heavy (non-hydrogen) atoms. The lowest BCUT2D eigenvalue weighted by molar-refractivity contribution is -0.137. The van der Waals surface area contributed by atoms with Crippen molar-refractivity contribution in [3.63, 3.8) is 0 Å². The summed E-state index contributed by atoms with van der Waals surface area (Å²) in [5.41, 5.74) is 0.120. The average Bonchev–Trinajstić information content (AvgIpc) is 2.23. The Kier molecular flexibility index (Phi) is 3.95. The summed E-state index contributed by atoms with van der Waals surface area (Å²) in [7, 11) is 0. The molecule has 1 aromatic carbocycles. The van der Waals surface area contributed by atoms with Crippen LogP contribution in [-0.4, -0.2) is 11.2 Å². The minimum Gasteiger partial charge on any atom is -0.393 e. The predicted octanol–water partition coefficient (Wildman–Crippen LogP) is 3.80. The quantitative estimate of drug-likeness (QED) is 0.871. The highest BCUT2D eigenvalue weighted by molar-refractivity contribution is 5.25. The number of aliphatic hydroxyl groups excluding tert-OH is 1. The van der Waals surface area contributed by atoms with Gasteiger partial charge in [0.25, 0.3) is 0 Å². The van der Waals surface area contributed by atoms with Gasteiger partial charge in [-0.2, -0.15) is 13.2 Å². The molecule has 0 heterocycles. The lowest BCUT2D eigenvalue weighted by Crippen LogP contribution is -2.20. The second-order valence-electron chi connectivity index (χ2n) is 5.09. The molecule has 0 aliphatic heterocycles. The van der Waals surface area contributed by atoms with Crippen LogP contribution in [0.15, 0.2) is 24.3 Å². The molecule has 0 radical (unpaired) electrons. The molecule has 1 atom stereocenters. The van der Waals surface area contributed by atoms with Crippen LogP contribution in [0.3, 0.4) is 0 Å². The van der Waals surface area contributed by atoms with Crippen molar-refractivity contribution in [2.45, 2.75) is 44.4 Å².